The Bertz CT molecular complexity index is 1310. The Balaban J connectivity index is 1.30. The number of carbonyl (C=O) groups is 1. The van der Waals surface area contributed by atoms with Crippen molar-refractivity contribution in [3.8, 4) is 22.4 Å². The number of anilines is 1. The molecule has 1 aromatic heterocycles. The average molecular weight is 473 g/mol. The van der Waals surface area contributed by atoms with Crippen LogP contribution in [0.2, 0.25) is 5.02 Å². The van der Waals surface area contributed by atoms with Crippen LogP contribution in [0.3, 0.4) is 0 Å². The standard InChI is InChI=1S/C28H25ClN2O3/c1-17(24-5-3-4-6-25(24)29)33-28(32)30-26-18(2)34-31-27(26)23-15-13-22(14-16-23)21-11-9-20(10-12-21)19-7-8-19/h3-6,9-17,19H,7-8H2,1-2H3,(H,30,32)/t17-/m1/s1. The SMILES string of the molecule is Cc1onc(-c2ccc(-c3ccc(C4CC4)cc3)cc2)c1NC(=O)O[C@H](C)c1ccccc1Cl. The Morgan fingerprint density at radius 3 is 2.26 bits per heavy atom. The van der Waals surface area contributed by atoms with E-state index in [2.05, 4.69) is 34.7 Å². The summed E-state index contributed by atoms with van der Waals surface area (Å²) >= 11 is 6.22. The van der Waals surface area contributed by atoms with Crippen LogP contribution >= 0.6 is 11.6 Å². The van der Waals surface area contributed by atoms with Crippen LogP contribution < -0.4 is 5.32 Å². The average Bonchev–Trinajstić information content (AvgIpc) is 3.64. The summed E-state index contributed by atoms with van der Waals surface area (Å²) in [5.74, 6) is 1.24. The summed E-state index contributed by atoms with van der Waals surface area (Å²) in [6.45, 7) is 3.53. The number of ether oxygens (including phenoxy) is 1. The van der Waals surface area contributed by atoms with Gasteiger partial charge in [-0.05, 0) is 55.4 Å². The van der Waals surface area contributed by atoms with Gasteiger partial charge in [-0.25, -0.2) is 4.79 Å². The van der Waals surface area contributed by atoms with Crippen LogP contribution in [0, 0.1) is 6.92 Å². The second-order valence-corrected chi connectivity index (χ2v) is 9.04. The highest BCUT2D eigenvalue weighted by molar-refractivity contribution is 6.31. The van der Waals surface area contributed by atoms with Crippen molar-refractivity contribution in [2.45, 2.75) is 38.7 Å². The fourth-order valence-electron chi connectivity index (χ4n) is 4.06. The van der Waals surface area contributed by atoms with E-state index in [-0.39, 0.29) is 0 Å². The molecule has 4 aromatic rings. The molecule has 0 spiro atoms. The lowest BCUT2D eigenvalue weighted by molar-refractivity contribution is 0.121. The maximum absolute atomic E-state index is 12.6. The van der Waals surface area contributed by atoms with Gasteiger partial charge in [0, 0.05) is 16.1 Å². The minimum atomic E-state index is -0.604. The van der Waals surface area contributed by atoms with Gasteiger partial charge in [-0.15, -0.1) is 0 Å². The molecule has 34 heavy (non-hydrogen) atoms. The fraction of sp³-hybridized carbons (Fsp3) is 0.214. The molecule has 0 saturated heterocycles. The van der Waals surface area contributed by atoms with E-state index in [9.17, 15) is 4.79 Å². The van der Waals surface area contributed by atoms with Crippen LogP contribution in [0.25, 0.3) is 22.4 Å². The topological polar surface area (TPSA) is 64.4 Å². The van der Waals surface area contributed by atoms with Gasteiger partial charge in [0.25, 0.3) is 0 Å². The van der Waals surface area contributed by atoms with Crippen molar-refractivity contribution in [3.05, 3.63) is 94.7 Å². The molecule has 5 rings (SSSR count). The molecule has 1 heterocycles. The van der Waals surface area contributed by atoms with Crippen LogP contribution in [0.5, 0.6) is 0 Å². The predicted octanol–water partition coefficient (Wildman–Crippen LogP) is 8.16. The van der Waals surface area contributed by atoms with Crippen molar-refractivity contribution in [2.24, 2.45) is 0 Å². The van der Waals surface area contributed by atoms with E-state index in [0.29, 0.717) is 22.2 Å². The van der Waals surface area contributed by atoms with E-state index in [1.807, 2.05) is 42.5 Å². The highest BCUT2D eigenvalue weighted by atomic mass is 35.5. The first kappa shape index (κ1) is 22.2. The number of benzene rings is 3. The lowest BCUT2D eigenvalue weighted by atomic mass is 10.00. The molecule has 1 aliphatic rings. The van der Waals surface area contributed by atoms with E-state index in [0.717, 1.165) is 22.6 Å². The molecule has 0 unspecified atom stereocenters. The van der Waals surface area contributed by atoms with Crippen molar-refractivity contribution in [2.75, 3.05) is 5.32 Å². The molecule has 1 aliphatic carbocycles. The second-order valence-electron chi connectivity index (χ2n) is 8.63. The zero-order valence-corrected chi connectivity index (χ0v) is 19.8. The third-order valence-electron chi connectivity index (χ3n) is 6.17. The minimum absolute atomic E-state index is 0.484. The van der Waals surface area contributed by atoms with E-state index in [4.69, 9.17) is 20.9 Å². The number of hydrogen-bond acceptors (Lipinski definition) is 4. The molecule has 1 atom stereocenters. The van der Waals surface area contributed by atoms with Gasteiger partial charge in [-0.2, -0.15) is 0 Å². The van der Waals surface area contributed by atoms with Gasteiger partial charge in [-0.3, -0.25) is 5.32 Å². The van der Waals surface area contributed by atoms with Crippen LogP contribution in [0.4, 0.5) is 10.5 Å². The van der Waals surface area contributed by atoms with Crippen LogP contribution in [-0.2, 0) is 4.74 Å². The minimum Gasteiger partial charge on any atom is -0.441 e. The first-order valence-electron chi connectivity index (χ1n) is 11.4. The molecule has 1 fully saturated rings. The van der Waals surface area contributed by atoms with Gasteiger partial charge < -0.3 is 9.26 Å². The van der Waals surface area contributed by atoms with Gasteiger partial charge in [0.15, 0.2) is 5.76 Å². The number of rotatable bonds is 6. The van der Waals surface area contributed by atoms with Gasteiger partial charge in [0.1, 0.15) is 17.5 Å². The summed E-state index contributed by atoms with van der Waals surface area (Å²) < 4.78 is 10.9. The maximum atomic E-state index is 12.6. The number of nitrogens with one attached hydrogen (secondary N) is 1. The van der Waals surface area contributed by atoms with Crippen molar-refractivity contribution < 1.29 is 14.1 Å². The van der Waals surface area contributed by atoms with E-state index >= 15 is 0 Å². The molecule has 0 bridgehead atoms. The summed E-state index contributed by atoms with van der Waals surface area (Å²) in [5.41, 5.74) is 6.32. The van der Waals surface area contributed by atoms with Crippen molar-refractivity contribution in [1.29, 1.82) is 0 Å². The first-order valence-corrected chi connectivity index (χ1v) is 11.8. The predicted molar refractivity (Wildman–Crippen MR) is 134 cm³/mol. The van der Waals surface area contributed by atoms with E-state index in [1.54, 1.807) is 19.9 Å². The zero-order valence-electron chi connectivity index (χ0n) is 19.0. The number of aromatic nitrogens is 1. The molecule has 0 radical (unpaired) electrons. The van der Waals surface area contributed by atoms with Gasteiger partial charge in [0.05, 0.1) is 0 Å². The van der Waals surface area contributed by atoms with Gasteiger partial charge in [0.2, 0.25) is 0 Å². The Morgan fingerprint density at radius 2 is 1.62 bits per heavy atom. The molecular formula is C28H25ClN2O3. The molecule has 1 N–H and O–H groups in total. The number of amides is 1. The van der Waals surface area contributed by atoms with Crippen molar-refractivity contribution in [3.63, 3.8) is 0 Å². The zero-order chi connectivity index (χ0) is 23.7. The lowest BCUT2D eigenvalue weighted by Crippen LogP contribution is -2.17. The number of hydrogen-bond donors (Lipinski definition) is 1. The molecular weight excluding hydrogens is 448 g/mol. The number of aryl methyl sites for hydroxylation is 1. The summed E-state index contributed by atoms with van der Waals surface area (Å²) in [5, 5.41) is 7.50. The Morgan fingerprint density at radius 1 is 1.00 bits per heavy atom. The van der Waals surface area contributed by atoms with Gasteiger partial charge >= 0.3 is 6.09 Å². The Hall–Kier alpha value is -3.57. The fourth-order valence-corrected chi connectivity index (χ4v) is 4.35. The quantitative estimate of drug-likeness (QED) is 0.307. The number of nitrogens with zero attached hydrogens (tertiary/aromatic N) is 1. The third-order valence-corrected chi connectivity index (χ3v) is 6.51. The first-order chi connectivity index (χ1) is 16.5. The third kappa shape index (κ3) is 4.70. The monoisotopic (exact) mass is 472 g/mol. The van der Waals surface area contributed by atoms with Crippen molar-refractivity contribution in [1.82, 2.24) is 5.16 Å². The summed E-state index contributed by atoms with van der Waals surface area (Å²) in [6.07, 6.45) is 1.48. The molecule has 172 valence electrons. The smallest absolute Gasteiger partial charge is 0.412 e. The number of carbonyl (C=O) groups excluding carboxylic acids is 1. The summed E-state index contributed by atoms with van der Waals surface area (Å²) in [7, 11) is 0. The van der Waals surface area contributed by atoms with Crippen molar-refractivity contribution >= 4 is 23.4 Å². The van der Waals surface area contributed by atoms with E-state index in [1.165, 1.54) is 24.0 Å². The molecule has 1 saturated carbocycles. The largest absolute Gasteiger partial charge is 0.441 e. The lowest BCUT2D eigenvalue weighted by Gasteiger charge is -2.15. The maximum Gasteiger partial charge on any atom is 0.412 e. The highest BCUT2D eigenvalue weighted by Gasteiger charge is 2.23. The molecule has 1 amide bonds. The molecule has 6 heteroatoms. The molecule has 3 aromatic carbocycles. The highest BCUT2D eigenvalue weighted by Crippen LogP contribution is 2.40. The number of halogens is 1. The van der Waals surface area contributed by atoms with Gasteiger partial charge in [-0.1, -0.05) is 83.5 Å². The Kier molecular flexibility index (Phi) is 6.12. The Labute approximate surface area is 203 Å². The second kappa shape index (κ2) is 9.35. The van der Waals surface area contributed by atoms with E-state index < -0.39 is 12.2 Å². The van der Waals surface area contributed by atoms with Crippen LogP contribution in [0.1, 0.15) is 48.7 Å². The van der Waals surface area contributed by atoms with Crippen LogP contribution in [-0.4, -0.2) is 11.2 Å². The summed E-state index contributed by atoms with van der Waals surface area (Å²) in [4.78, 5) is 12.6. The van der Waals surface area contributed by atoms with Crippen LogP contribution in [0.15, 0.2) is 77.3 Å². The summed E-state index contributed by atoms with van der Waals surface area (Å²) in [6, 6.07) is 24.1. The normalized spacial score (nSPS) is 14.0. The molecule has 0 aliphatic heterocycles. The molecule has 5 nitrogen and oxygen atoms in total.